The molecule has 0 spiro atoms. The third-order valence-corrected chi connectivity index (χ3v) is 4.52. The van der Waals surface area contributed by atoms with Crippen molar-refractivity contribution in [3.05, 3.63) is 28.8 Å². The lowest BCUT2D eigenvalue weighted by molar-refractivity contribution is 0.244. The summed E-state index contributed by atoms with van der Waals surface area (Å²) < 4.78 is 0. The zero-order valence-electron chi connectivity index (χ0n) is 13.3. The van der Waals surface area contributed by atoms with Gasteiger partial charge in [0, 0.05) is 23.8 Å². The first-order chi connectivity index (χ1) is 10.0. The molecule has 0 radical (unpaired) electrons. The molecule has 1 fully saturated rings. The summed E-state index contributed by atoms with van der Waals surface area (Å²) in [6.45, 7) is 9.65. The summed E-state index contributed by atoms with van der Waals surface area (Å²) in [4.78, 5) is 2.34. The number of hydrogen-bond acceptors (Lipinski definition) is 3. The van der Waals surface area contributed by atoms with Crippen LogP contribution in [0.15, 0.2) is 18.2 Å². The van der Waals surface area contributed by atoms with Crippen LogP contribution in [-0.2, 0) is 6.54 Å². The third kappa shape index (κ3) is 4.12. The third-order valence-electron chi connectivity index (χ3n) is 4.29. The Kier molecular flexibility index (Phi) is 5.91. The largest absolute Gasteiger partial charge is 0.394 e. The van der Waals surface area contributed by atoms with Crippen molar-refractivity contribution in [2.75, 3.05) is 24.6 Å². The van der Waals surface area contributed by atoms with Crippen LogP contribution in [0.1, 0.15) is 32.8 Å². The highest BCUT2D eigenvalue weighted by atomic mass is 35.5. The number of aliphatic hydroxyl groups is 1. The number of nitrogens with zero attached hydrogens (tertiary/aromatic N) is 1. The van der Waals surface area contributed by atoms with Gasteiger partial charge in [0.05, 0.1) is 12.6 Å². The van der Waals surface area contributed by atoms with E-state index < -0.39 is 0 Å². The number of benzene rings is 1. The Bertz CT molecular complexity index is 464. The summed E-state index contributed by atoms with van der Waals surface area (Å²) in [6.07, 6.45) is 1.13. The van der Waals surface area contributed by atoms with Crippen molar-refractivity contribution in [1.29, 1.82) is 0 Å². The smallest absolute Gasteiger partial charge is 0.0637 e. The molecule has 1 saturated heterocycles. The van der Waals surface area contributed by atoms with Crippen molar-refractivity contribution in [3.63, 3.8) is 0 Å². The van der Waals surface area contributed by atoms with E-state index in [1.807, 2.05) is 12.1 Å². The van der Waals surface area contributed by atoms with Crippen LogP contribution < -0.4 is 10.2 Å². The summed E-state index contributed by atoms with van der Waals surface area (Å²) >= 11 is 6.17. The van der Waals surface area contributed by atoms with Crippen LogP contribution >= 0.6 is 11.6 Å². The first-order valence-electron chi connectivity index (χ1n) is 7.89. The molecule has 1 heterocycles. The molecule has 2 atom stereocenters. The molecule has 0 bridgehead atoms. The van der Waals surface area contributed by atoms with Gasteiger partial charge in [-0.2, -0.15) is 0 Å². The van der Waals surface area contributed by atoms with E-state index in [1.54, 1.807) is 0 Å². The number of hydrogen-bond donors (Lipinski definition) is 2. The van der Waals surface area contributed by atoms with E-state index in [-0.39, 0.29) is 12.6 Å². The van der Waals surface area contributed by atoms with Crippen molar-refractivity contribution in [2.24, 2.45) is 11.8 Å². The second-order valence-corrected chi connectivity index (χ2v) is 6.94. The number of anilines is 1. The van der Waals surface area contributed by atoms with Crippen LogP contribution in [0.4, 0.5) is 5.69 Å². The molecule has 1 aliphatic rings. The fourth-order valence-corrected chi connectivity index (χ4v) is 3.25. The van der Waals surface area contributed by atoms with Crippen LogP contribution in [0.2, 0.25) is 5.02 Å². The zero-order chi connectivity index (χ0) is 15.4. The second-order valence-electron chi connectivity index (χ2n) is 6.51. The van der Waals surface area contributed by atoms with Crippen molar-refractivity contribution < 1.29 is 5.11 Å². The van der Waals surface area contributed by atoms with Gasteiger partial charge < -0.3 is 15.3 Å². The van der Waals surface area contributed by atoms with Gasteiger partial charge in [0.25, 0.3) is 0 Å². The highest BCUT2D eigenvalue weighted by Crippen LogP contribution is 2.33. The van der Waals surface area contributed by atoms with Crippen LogP contribution in [0, 0.1) is 11.8 Å². The van der Waals surface area contributed by atoms with E-state index >= 15 is 0 Å². The van der Waals surface area contributed by atoms with E-state index in [0.717, 1.165) is 31.1 Å². The normalized spacial score (nSPS) is 22.3. The zero-order valence-corrected chi connectivity index (χ0v) is 14.0. The average Bonchev–Trinajstić information content (AvgIpc) is 2.79. The molecule has 2 unspecified atom stereocenters. The molecule has 21 heavy (non-hydrogen) atoms. The van der Waals surface area contributed by atoms with Crippen LogP contribution in [0.5, 0.6) is 0 Å². The molecule has 0 aromatic heterocycles. The summed E-state index contributed by atoms with van der Waals surface area (Å²) in [5.41, 5.74) is 2.43. The molecule has 118 valence electrons. The average molecular weight is 311 g/mol. The van der Waals surface area contributed by atoms with Crippen LogP contribution in [-0.4, -0.2) is 30.8 Å². The maximum atomic E-state index is 9.68. The fraction of sp³-hybridized carbons (Fsp3) is 0.647. The summed E-state index contributed by atoms with van der Waals surface area (Å²) in [5, 5.41) is 13.9. The maximum Gasteiger partial charge on any atom is 0.0637 e. The number of rotatable bonds is 6. The Hall–Kier alpha value is -0.770. The SMILES string of the molecule is CC(C)CNCc1cc(Cl)ccc1N1CCC(C)C1CO. The van der Waals surface area contributed by atoms with Crippen molar-refractivity contribution >= 4 is 17.3 Å². The number of aliphatic hydroxyl groups excluding tert-OH is 1. The Morgan fingerprint density at radius 3 is 2.86 bits per heavy atom. The molecule has 0 saturated carbocycles. The number of nitrogens with one attached hydrogen (secondary N) is 1. The maximum absolute atomic E-state index is 9.68. The minimum absolute atomic E-state index is 0.211. The van der Waals surface area contributed by atoms with Gasteiger partial charge in [0.15, 0.2) is 0 Å². The fourth-order valence-electron chi connectivity index (χ4n) is 3.06. The van der Waals surface area contributed by atoms with Crippen LogP contribution in [0.3, 0.4) is 0 Å². The second kappa shape index (κ2) is 7.48. The molecule has 4 heteroatoms. The van der Waals surface area contributed by atoms with Crippen molar-refractivity contribution in [3.8, 4) is 0 Å². The molecule has 1 aliphatic heterocycles. The highest BCUT2D eigenvalue weighted by Gasteiger charge is 2.31. The van der Waals surface area contributed by atoms with Crippen LogP contribution in [0.25, 0.3) is 0 Å². The molecular formula is C17H27ClN2O. The monoisotopic (exact) mass is 310 g/mol. The lowest BCUT2D eigenvalue weighted by atomic mass is 10.0. The Balaban J connectivity index is 2.18. The van der Waals surface area contributed by atoms with Gasteiger partial charge in [0.2, 0.25) is 0 Å². The molecule has 3 nitrogen and oxygen atoms in total. The van der Waals surface area contributed by atoms with E-state index in [9.17, 15) is 5.11 Å². The molecule has 2 N–H and O–H groups in total. The van der Waals surface area contributed by atoms with Gasteiger partial charge in [-0.15, -0.1) is 0 Å². The first-order valence-corrected chi connectivity index (χ1v) is 8.27. The van der Waals surface area contributed by atoms with Gasteiger partial charge in [-0.05, 0) is 48.6 Å². The standard InChI is InChI=1S/C17H27ClN2O/c1-12(2)9-19-10-14-8-15(18)4-5-16(14)20-7-6-13(3)17(20)11-21/h4-5,8,12-13,17,19,21H,6-7,9-11H2,1-3H3. The predicted octanol–water partition coefficient (Wildman–Crippen LogP) is 3.29. The van der Waals surface area contributed by atoms with Gasteiger partial charge in [-0.1, -0.05) is 32.4 Å². The predicted molar refractivity (Wildman–Crippen MR) is 90.0 cm³/mol. The highest BCUT2D eigenvalue weighted by molar-refractivity contribution is 6.30. The Morgan fingerprint density at radius 2 is 2.19 bits per heavy atom. The molecular weight excluding hydrogens is 284 g/mol. The summed E-state index contributed by atoms with van der Waals surface area (Å²) in [5.74, 6) is 1.16. The molecule has 0 amide bonds. The lowest BCUT2D eigenvalue weighted by Gasteiger charge is -2.29. The number of halogens is 1. The topological polar surface area (TPSA) is 35.5 Å². The van der Waals surface area contributed by atoms with E-state index in [0.29, 0.717) is 11.8 Å². The molecule has 1 aromatic rings. The van der Waals surface area contributed by atoms with Gasteiger partial charge >= 0.3 is 0 Å². The minimum atomic E-state index is 0.211. The Morgan fingerprint density at radius 1 is 1.43 bits per heavy atom. The molecule has 1 aromatic carbocycles. The van der Waals surface area contributed by atoms with E-state index in [1.165, 1.54) is 11.3 Å². The minimum Gasteiger partial charge on any atom is -0.394 e. The van der Waals surface area contributed by atoms with Crippen molar-refractivity contribution in [2.45, 2.75) is 39.8 Å². The van der Waals surface area contributed by atoms with Gasteiger partial charge in [-0.25, -0.2) is 0 Å². The van der Waals surface area contributed by atoms with E-state index in [4.69, 9.17) is 11.6 Å². The Labute approximate surface area is 133 Å². The quantitative estimate of drug-likeness (QED) is 0.846. The molecule has 2 rings (SSSR count). The van der Waals surface area contributed by atoms with E-state index in [2.05, 4.69) is 37.1 Å². The molecule has 0 aliphatic carbocycles. The lowest BCUT2D eigenvalue weighted by Crippen LogP contribution is -2.36. The first kappa shape index (κ1) is 16.6. The van der Waals surface area contributed by atoms with Gasteiger partial charge in [0.1, 0.15) is 0 Å². The summed E-state index contributed by atoms with van der Waals surface area (Å²) in [6, 6.07) is 6.30. The van der Waals surface area contributed by atoms with Gasteiger partial charge in [-0.3, -0.25) is 0 Å². The summed E-state index contributed by atoms with van der Waals surface area (Å²) in [7, 11) is 0. The van der Waals surface area contributed by atoms with Crippen molar-refractivity contribution in [1.82, 2.24) is 5.32 Å².